The normalized spacial score (nSPS) is 27.2. The van der Waals surface area contributed by atoms with Crippen molar-refractivity contribution < 1.29 is 0 Å². The van der Waals surface area contributed by atoms with Crippen LogP contribution in [0.4, 0.5) is 0 Å². The van der Waals surface area contributed by atoms with Gasteiger partial charge in [0.2, 0.25) is 0 Å². The lowest BCUT2D eigenvalue weighted by atomic mass is 9.92. The second kappa shape index (κ2) is 2.18. The van der Waals surface area contributed by atoms with Gasteiger partial charge >= 0.3 is 0 Å². The Hall–Kier alpha value is -0.340. The smallest absolute Gasteiger partial charge is 0.0261 e. The molecule has 0 unspecified atom stereocenters. The van der Waals surface area contributed by atoms with Gasteiger partial charge in [-0.3, -0.25) is 0 Å². The summed E-state index contributed by atoms with van der Waals surface area (Å²) in [7, 11) is 0. The molecule has 0 amide bonds. The lowest BCUT2D eigenvalue weighted by Crippen LogP contribution is -2.36. The Labute approximate surface area is 83.0 Å². The van der Waals surface area contributed by atoms with E-state index >= 15 is 0 Å². The minimum Gasteiger partial charge on any atom is -0.324 e. The lowest BCUT2D eigenvalue weighted by Gasteiger charge is -2.21. The van der Waals surface area contributed by atoms with Crippen LogP contribution in [0.2, 0.25) is 0 Å². The first kappa shape index (κ1) is 8.01. The molecule has 70 valence electrons. The summed E-state index contributed by atoms with van der Waals surface area (Å²) in [5, 5.41) is 2.25. The van der Waals surface area contributed by atoms with Crippen LogP contribution in [0.25, 0.3) is 0 Å². The Morgan fingerprint density at radius 1 is 1.31 bits per heavy atom. The number of nitrogens with two attached hydrogens (primary N) is 1. The number of hydrogen-bond donors (Lipinski definition) is 1. The van der Waals surface area contributed by atoms with E-state index in [-0.39, 0.29) is 5.54 Å². The van der Waals surface area contributed by atoms with Crippen LogP contribution in [-0.2, 0) is 5.41 Å². The average Bonchev–Trinajstić information content (AvgIpc) is 2.97. The van der Waals surface area contributed by atoms with Crippen LogP contribution in [-0.4, -0.2) is 5.54 Å². The van der Waals surface area contributed by atoms with Gasteiger partial charge in [0, 0.05) is 15.8 Å². The van der Waals surface area contributed by atoms with E-state index in [4.69, 9.17) is 5.73 Å². The Morgan fingerprint density at radius 2 is 2.00 bits per heavy atom. The number of hydrogen-bond acceptors (Lipinski definition) is 2. The molecule has 0 bridgehead atoms. The fourth-order valence-electron chi connectivity index (χ4n) is 2.41. The van der Waals surface area contributed by atoms with Gasteiger partial charge in [-0.05, 0) is 49.6 Å². The van der Waals surface area contributed by atoms with Crippen LogP contribution < -0.4 is 5.73 Å². The van der Waals surface area contributed by atoms with Crippen molar-refractivity contribution in [3.05, 3.63) is 21.9 Å². The van der Waals surface area contributed by atoms with Gasteiger partial charge in [0.15, 0.2) is 0 Å². The van der Waals surface area contributed by atoms with E-state index in [1.54, 1.807) is 4.88 Å². The fraction of sp³-hybridized carbons (Fsp3) is 0.636. The Morgan fingerprint density at radius 3 is 2.38 bits per heavy atom. The van der Waals surface area contributed by atoms with E-state index in [1.807, 2.05) is 11.3 Å². The highest BCUT2D eigenvalue weighted by molar-refractivity contribution is 7.10. The zero-order valence-corrected chi connectivity index (χ0v) is 8.79. The van der Waals surface area contributed by atoms with Crippen LogP contribution in [0.15, 0.2) is 11.4 Å². The minimum atomic E-state index is 0.185. The predicted molar refractivity (Wildman–Crippen MR) is 56.1 cm³/mol. The molecule has 3 rings (SSSR count). The van der Waals surface area contributed by atoms with Gasteiger partial charge in [0.1, 0.15) is 0 Å². The summed E-state index contributed by atoms with van der Waals surface area (Å²) in [5.41, 5.74) is 8.33. The molecule has 2 saturated carbocycles. The van der Waals surface area contributed by atoms with E-state index in [9.17, 15) is 0 Å². The van der Waals surface area contributed by atoms with Crippen molar-refractivity contribution in [2.45, 2.75) is 43.6 Å². The summed E-state index contributed by atoms with van der Waals surface area (Å²) in [6, 6.07) is 2.34. The van der Waals surface area contributed by atoms with E-state index in [0.717, 1.165) is 0 Å². The van der Waals surface area contributed by atoms with Crippen LogP contribution in [0, 0.1) is 6.92 Å². The monoisotopic (exact) mass is 193 g/mol. The largest absolute Gasteiger partial charge is 0.324 e. The minimum absolute atomic E-state index is 0.185. The highest BCUT2D eigenvalue weighted by Crippen LogP contribution is 2.64. The molecule has 1 nitrogen and oxygen atoms in total. The Balaban J connectivity index is 2.00. The van der Waals surface area contributed by atoms with Crippen molar-refractivity contribution in [3.8, 4) is 0 Å². The van der Waals surface area contributed by atoms with Crippen molar-refractivity contribution >= 4 is 11.3 Å². The van der Waals surface area contributed by atoms with E-state index in [0.29, 0.717) is 5.41 Å². The maximum absolute atomic E-state index is 6.33. The van der Waals surface area contributed by atoms with Crippen molar-refractivity contribution in [2.75, 3.05) is 0 Å². The quantitative estimate of drug-likeness (QED) is 0.767. The first-order valence-corrected chi connectivity index (χ1v) is 5.89. The van der Waals surface area contributed by atoms with Crippen LogP contribution in [0.1, 0.15) is 36.1 Å². The summed E-state index contributed by atoms with van der Waals surface area (Å²) in [6.45, 7) is 2.17. The molecular weight excluding hydrogens is 178 g/mol. The molecule has 13 heavy (non-hydrogen) atoms. The topological polar surface area (TPSA) is 26.0 Å². The van der Waals surface area contributed by atoms with Gasteiger partial charge in [0.25, 0.3) is 0 Å². The summed E-state index contributed by atoms with van der Waals surface area (Å²) < 4.78 is 0. The van der Waals surface area contributed by atoms with Gasteiger partial charge in [-0.1, -0.05) is 0 Å². The molecule has 1 aromatic heterocycles. The molecule has 1 aromatic rings. The number of aryl methyl sites for hydroxylation is 1. The first-order chi connectivity index (χ1) is 6.16. The third kappa shape index (κ3) is 0.960. The molecule has 0 saturated heterocycles. The standard InChI is InChI=1S/C11H15NS/c1-8-6-9(13-7-8)10(2-3-10)11(12)4-5-11/h6-7H,2-5,12H2,1H3. The average molecular weight is 193 g/mol. The molecule has 2 heteroatoms. The van der Waals surface area contributed by atoms with Gasteiger partial charge < -0.3 is 5.73 Å². The summed E-state index contributed by atoms with van der Waals surface area (Å²) in [5.74, 6) is 0. The summed E-state index contributed by atoms with van der Waals surface area (Å²) in [4.78, 5) is 1.55. The molecule has 0 atom stereocenters. The lowest BCUT2D eigenvalue weighted by molar-refractivity contribution is 0.511. The second-order valence-electron chi connectivity index (χ2n) is 4.73. The third-order valence-corrected chi connectivity index (χ3v) is 4.95. The summed E-state index contributed by atoms with van der Waals surface area (Å²) in [6.07, 6.45) is 5.13. The predicted octanol–water partition coefficient (Wildman–Crippen LogP) is 2.58. The second-order valence-corrected chi connectivity index (χ2v) is 5.64. The maximum atomic E-state index is 6.33. The third-order valence-electron chi connectivity index (χ3n) is 3.69. The zero-order valence-electron chi connectivity index (χ0n) is 7.97. The molecule has 2 N–H and O–H groups in total. The van der Waals surface area contributed by atoms with Gasteiger partial charge in [-0.15, -0.1) is 11.3 Å². The molecule has 2 aliphatic carbocycles. The molecule has 0 radical (unpaired) electrons. The van der Waals surface area contributed by atoms with Gasteiger partial charge in [0.05, 0.1) is 0 Å². The molecule has 2 aliphatic rings. The van der Waals surface area contributed by atoms with E-state index < -0.39 is 0 Å². The molecular formula is C11H15NS. The Kier molecular flexibility index (Phi) is 1.34. The SMILES string of the molecule is Cc1csc(C2(C3(N)CC3)CC2)c1. The summed E-state index contributed by atoms with van der Waals surface area (Å²) >= 11 is 1.91. The van der Waals surface area contributed by atoms with Crippen molar-refractivity contribution in [2.24, 2.45) is 5.73 Å². The number of rotatable bonds is 2. The van der Waals surface area contributed by atoms with Gasteiger partial charge in [-0.25, -0.2) is 0 Å². The van der Waals surface area contributed by atoms with Crippen molar-refractivity contribution in [3.63, 3.8) is 0 Å². The van der Waals surface area contributed by atoms with Crippen LogP contribution in [0.5, 0.6) is 0 Å². The molecule has 2 fully saturated rings. The molecule has 0 aromatic carbocycles. The highest BCUT2D eigenvalue weighted by atomic mass is 32.1. The molecule has 0 aliphatic heterocycles. The first-order valence-electron chi connectivity index (χ1n) is 5.01. The van der Waals surface area contributed by atoms with Crippen LogP contribution in [0.3, 0.4) is 0 Å². The Bertz CT molecular complexity index is 345. The molecule has 0 spiro atoms. The van der Waals surface area contributed by atoms with E-state index in [1.165, 1.54) is 31.2 Å². The van der Waals surface area contributed by atoms with E-state index in [2.05, 4.69) is 18.4 Å². The zero-order chi connectivity index (χ0) is 9.10. The fourth-order valence-corrected chi connectivity index (χ4v) is 3.68. The maximum Gasteiger partial charge on any atom is 0.0261 e. The van der Waals surface area contributed by atoms with Crippen molar-refractivity contribution in [1.29, 1.82) is 0 Å². The van der Waals surface area contributed by atoms with Gasteiger partial charge in [-0.2, -0.15) is 0 Å². The highest BCUT2D eigenvalue weighted by Gasteiger charge is 2.64. The van der Waals surface area contributed by atoms with Crippen LogP contribution >= 0.6 is 11.3 Å². The van der Waals surface area contributed by atoms with Crippen molar-refractivity contribution in [1.82, 2.24) is 0 Å². The number of thiophene rings is 1. The molecule has 1 heterocycles.